The number of alkyl halides is 8. The SMILES string of the molecule is OC1CC2(CCl)OC(OC3C(CCl)OC(OC4C(CCl)OC(OC5C(CCl)OC(OC6C(CCl)OC(OC7C(CCl)OC(OC8C(CCl)OC(OC9C(CCl)OC(O2)C(O)C9O)C(O)C8O)C(O)C7O)C(O)C6O)C(O)C5O)C(O)C4O)C(O)C3O)C1O. The number of ether oxygens (including phenoxy) is 16. The number of fused-ring (bicyclic) bond motifs is 1. The second-order valence-corrected chi connectivity index (χ2v) is 24.8. The Morgan fingerprint density at radius 2 is 0.398 bits per heavy atom. The third-order valence-corrected chi connectivity index (χ3v) is 19.2. The van der Waals surface area contributed by atoms with E-state index in [0.717, 1.165) is 0 Å². The van der Waals surface area contributed by atoms with Crippen LogP contribution in [0.4, 0.5) is 0 Å². The maximum Gasteiger partial charge on any atom is 0.190 e. The van der Waals surface area contributed by atoms with Gasteiger partial charge in [0.25, 0.3) is 0 Å². The van der Waals surface area contributed by atoms with Gasteiger partial charge in [0.2, 0.25) is 0 Å². The fraction of sp³-hybridized carbons (Fsp3) is 1.00. The number of aliphatic hydroxyl groups excluding tert-OH is 16. The van der Waals surface area contributed by atoms with E-state index in [1.54, 1.807) is 0 Å². The summed E-state index contributed by atoms with van der Waals surface area (Å²) in [6, 6.07) is 0. The molecule has 19 fully saturated rings. The fourth-order valence-electron chi connectivity index (χ4n) is 11.7. The van der Waals surface area contributed by atoms with Crippen molar-refractivity contribution in [3.05, 3.63) is 0 Å². The molecule has 16 bridgehead atoms. The summed E-state index contributed by atoms with van der Waals surface area (Å²) >= 11 is 50.4. The summed E-state index contributed by atoms with van der Waals surface area (Å²) in [5, 5.41) is 184. The molecular weight excluding hydrogens is 1370 g/mol. The standard InChI is InChI=1S/C48H72Cl8O32/c49-2-11-33-19(59)26(66)40(73-11)81-34-13(4-51)75-42(28(68)21(34)61)83-36-15(6-53)77-44(30(70)23(36)63)85-38-17(8-55)79-47(32(72)25(38)65)88-48(9-56)1-10(57)18(58)46(87-48)86-39-16(7-54)78-45(31(71)24(39)64)84-37-14(5-52)76-43(29(69)22(37)62)82-35-12(3-50)74-41(80-33)27(67)20(35)60/h10-47,57-72H,1-9H2. The van der Waals surface area contributed by atoms with Crippen LogP contribution in [0.3, 0.4) is 0 Å². The van der Waals surface area contributed by atoms with Crippen molar-refractivity contribution in [2.75, 3.05) is 47.0 Å². The predicted octanol–water partition coefficient (Wildman–Crippen LogP) is -7.09. The lowest BCUT2D eigenvalue weighted by molar-refractivity contribution is -0.430. The topological polar surface area (TPSA) is 471 Å². The Balaban J connectivity index is 0.991. The first-order valence-electron chi connectivity index (χ1n) is 27.7. The van der Waals surface area contributed by atoms with E-state index in [1.165, 1.54) is 0 Å². The van der Waals surface area contributed by atoms with Crippen LogP contribution in [0.25, 0.3) is 0 Å². The van der Waals surface area contributed by atoms with Gasteiger partial charge >= 0.3 is 0 Å². The van der Waals surface area contributed by atoms with Gasteiger partial charge in [-0.1, -0.05) is 0 Å². The van der Waals surface area contributed by atoms with Crippen molar-refractivity contribution in [1.82, 2.24) is 0 Å². The number of aliphatic hydroxyl groups is 16. The molecule has 0 aromatic heterocycles. The van der Waals surface area contributed by atoms with E-state index in [-0.39, 0.29) is 0 Å². The number of hydrogen-bond donors (Lipinski definition) is 16. The van der Waals surface area contributed by atoms with Crippen LogP contribution in [-0.4, -0.2) is 368 Å². The summed E-state index contributed by atoms with van der Waals surface area (Å²) < 4.78 is 94.7. The molecule has 39 unspecified atom stereocenters. The molecule has 19 aliphatic heterocycles. The third kappa shape index (κ3) is 14.7. The van der Waals surface area contributed by atoms with E-state index in [1.807, 2.05) is 0 Å². The molecule has 19 heterocycles. The summed E-state index contributed by atoms with van der Waals surface area (Å²) in [5.41, 5.74) is 0. The first-order valence-corrected chi connectivity index (χ1v) is 32.0. The van der Waals surface area contributed by atoms with Crippen molar-refractivity contribution in [3.8, 4) is 0 Å². The van der Waals surface area contributed by atoms with E-state index < -0.39 is 293 Å². The molecule has 19 rings (SSSR count). The Hall–Kier alpha value is 1.04. The molecule has 0 aromatic carbocycles. The van der Waals surface area contributed by atoms with Gasteiger partial charge in [-0.25, -0.2) is 0 Å². The molecular formula is C48H72Cl8O32. The predicted molar refractivity (Wildman–Crippen MR) is 290 cm³/mol. The largest absolute Gasteiger partial charge is 0.390 e. The molecule has 512 valence electrons. The summed E-state index contributed by atoms with van der Waals surface area (Å²) in [5.74, 6) is -6.80. The van der Waals surface area contributed by atoms with Gasteiger partial charge in [0.05, 0.1) is 53.1 Å². The van der Waals surface area contributed by atoms with Crippen molar-refractivity contribution in [2.24, 2.45) is 0 Å². The summed E-state index contributed by atoms with van der Waals surface area (Å²) in [7, 11) is 0. The van der Waals surface area contributed by atoms with E-state index in [2.05, 4.69) is 0 Å². The Morgan fingerprint density at radius 1 is 0.227 bits per heavy atom. The van der Waals surface area contributed by atoms with Crippen molar-refractivity contribution in [1.29, 1.82) is 0 Å². The van der Waals surface area contributed by atoms with Crippen molar-refractivity contribution >= 4 is 92.8 Å². The molecule has 0 aliphatic carbocycles. The van der Waals surface area contributed by atoms with Crippen LogP contribution in [0.15, 0.2) is 0 Å². The van der Waals surface area contributed by atoms with E-state index in [0.29, 0.717) is 0 Å². The highest BCUT2D eigenvalue weighted by atomic mass is 35.5. The van der Waals surface area contributed by atoms with Crippen molar-refractivity contribution in [3.63, 3.8) is 0 Å². The van der Waals surface area contributed by atoms with Crippen LogP contribution in [0, 0.1) is 0 Å². The van der Waals surface area contributed by atoms with E-state index in [4.69, 9.17) is 169 Å². The minimum Gasteiger partial charge on any atom is -0.390 e. The molecule has 19 aliphatic rings. The lowest BCUT2D eigenvalue weighted by Gasteiger charge is -2.51. The molecule has 88 heavy (non-hydrogen) atoms. The molecule has 39 atom stereocenters. The first-order chi connectivity index (χ1) is 41.8. The molecule has 0 spiro atoms. The van der Waals surface area contributed by atoms with Crippen LogP contribution in [-0.2, 0) is 75.8 Å². The highest BCUT2D eigenvalue weighted by Crippen LogP contribution is 2.42. The third-order valence-electron chi connectivity index (χ3n) is 16.6. The van der Waals surface area contributed by atoms with Gasteiger partial charge in [-0.3, -0.25) is 0 Å². The quantitative estimate of drug-likeness (QED) is 0.100. The summed E-state index contributed by atoms with van der Waals surface area (Å²) in [6.07, 6.45) is -71.5. The number of halogens is 8. The van der Waals surface area contributed by atoms with Crippen LogP contribution >= 0.6 is 92.8 Å². The normalized spacial score (nSPS) is 55.4. The lowest BCUT2D eigenvalue weighted by Crippen LogP contribution is -2.68. The zero-order chi connectivity index (χ0) is 64.1. The summed E-state index contributed by atoms with van der Waals surface area (Å²) in [6.45, 7) is 0. The molecule has 19 saturated heterocycles. The van der Waals surface area contributed by atoms with Gasteiger partial charge in [0.15, 0.2) is 56.1 Å². The highest BCUT2D eigenvalue weighted by molar-refractivity contribution is 6.19. The molecule has 0 saturated carbocycles. The highest BCUT2D eigenvalue weighted by Gasteiger charge is 2.61. The average molecular weight is 1440 g/mol. The monoisotopic (exact) mass is 1440 g/mol. The van der Waals surface area contributed by atoms with E-state index in [9.17, 15) is 81.7 Å². The van der Waals surface area contributed by atoms with Gasteiger partial charge in [-0.15, -0.1) is 92.8 Å². The van der Waals surface area contributed by atoms with Crippen LogP contribution in [0.2, 0.25) is 0 Å². The number of rotatable bonds is 8. The molecule has 0 radical (unpaired) electrons. The fourth-order valence-corrected chi connectivity index (χ4v) is 13.7. The Labute approximate surface area is 540 Å². The van der Waals surface area contributed by atoms with E-state index >= 15 is 0 Å². The second-order valence-electron chi connectivity index (χ2n) is 22.4. The van der Waals surface area contributed by atoms with Crippen LogP contribution in [0.1, 0.15) is 6.42 Å². The maximum atomic E-state index is 11.6. The Kier molecular flexibility index (Phi) is 26.0. The Bertz CT molecular complexity index is 2180. The molecule has 32 nitrogen and oxygen atoms in total. The zero-order valence-electron chi connectivity index (χ0n) is 45.5. The Morgan fingerprint density at radius 3 is 0.591 bits per heavy atom. The van der Waals surface area contributed by atoms with Crippen LogP contribution in [0.5, 0.6) is 0 Å². The number of hydrogen-bond acceptors (Lipinski definition) is 32. The molecule has 0 aromatic rings. The minimum atomic E-state index is -2.30. The van der Waals surface area contributed by atoms with Gasteiger partial charge in [0.1, 0.15) is 177 Å². The van der Waals surface area contributed by atoms with Crippen molar-refractivity contribution in [2.45, 2.75) is 246 Å². The molecule has 40 heteroatoms. The summed E-state index contributed by atoms with van der Waals surface area (Å²) in [4.78, 5) is 0. The van der Waals surface area contributed by atoms with Gasteiger partial charge in [-0.05, 0) is 0 Å². The van der Waals surface area contributed by atoms with Gasteiger partial charge in [0, 0.05) is 6.42 Å². The smallest absolute Gasteiger partial charge is 0.190 e. The first kappa shape index (κ1) is 73.3. The minimum absolute atomic E-state index is 0.529. The maximum absolute atomic E-state index is 11.6. The van der Waals surface area contributed by atoms with Crippen molar-refractivity contribution < 1.29 is 157 Å². The zero-order valence-corrected chi connectivity index (χ0v) is 51.6. The lowest BCUT2D eigenvalue weighted by atomic mass is 9.95. The van der Waals surface area contributed by atoms with Crippen LogP contribution < -0.4 is 0 Å². The van der Waals surface area contributed by atoms with Gasteiger partial charge < -0.3 is 157 Å². The van der Waals surface area contributed by atoms with Gasteiger partial charge in [-0.2, -0.15) is 0 Å². The molecule has 0 amide bonds. The second kappa shape index (κ2) is 31.3. The average Bonchev–Trinajstić information content (AvgIpc) is 2.68. The molecule has 16 N–H and O–H groups in total.